The molecule has 0 fully saturated rings. The zero-order chi connectivity index (χ0) is 21.1. The van der Waals surface area contributed by atoms with Gasteiger partial charge in [0.25, 0.3) is 5.56 Å². The Balaban J connectivity index is 1.46. The molecule has 0 N–H and O–H groups in total. The number of nitriles is 1. The number of aryl methyl sites for hydroxylation is 1. The molecule has 0 unspecified atom stereocenters. The molecule has 3 aromatic rings. The Bertz CT molecular complexity index is 1190. The van der Waals surface area contributed by atoms with Crippen molar-refractivity contribution in [3.63, 3.8) is 0 Å². The number of hydrogen-bond donors (Lipinski definition) is 0. The van der Waals surface area contributed by atoms with Gasteiger partial charge in [0.1, 0.15) is 12.4 Å². The molecule has 1 aliphatic rings. The quantitative estimate of drug-likeness (QED) is 0.613. The van der Waals surface area contributed by atoms with Gasteiger partial charge in [-0.05, 0) is 49.6 Å². The van der Waals surface area contributed by atoms with Gasteiger partial charge in [0, 0.05) is 24.1 Å². The number of nitrogens with zero attached hydrogens (tertiary/aromatic N) is 3. The predicted octanol–water partition coefficient (Wildman–Crippen LogP) is 3.57. The minimum Gasteiger partial charge on any atom is -0.472 e. The molecule has 0 amide bonds. The van der Waals surface area contributed by atoms with Gasteiger partial charge in [-0.1, -0.05) is 24.3 Å². The molecular weight excluding hydrogens is 378 g/mol. The van der Waals surface area contributed by atoms with Crippen molar-refractivity contribution >= 4 is 5.78 Å². The van der Waals surface area contributed by atoms with E-state index < -0.39 is 0 Å². The van der Waals surface area contributed by atoms with Gasteiger partial charge in [-0.3, -0.25) is 14.2 Å². The Labute approximate surface area is 174 Å². The van der Waals surface area contributed by atoms with Crippen molar-refractivity contribution in [1.82, 2.24) is 9.55 Å². The largest absolute Gasteiger partial charge is 0.472 e. The minimum absolute atomic E-state index is 0.0296. The van der Waals surface area contributed by atoms with E-state index in [2.05, 4.69) is 4.98 Å². The van der Waals surface area contributed by atoms with E-state index >= 15 is 0 Å². The van der Waals surface area contributed by atoms with Crippen molar-refractivity contribution < 1.29 is 9.53 Å². The summed E-state index contributed by atoms with van der Waals surface area (Å²) in [5.41, 5.74) is 2.98. The molecule has 0 spiro atoms. The summed E-state index contributed by atoms with van der Waals surface area (Å²) in [5.74, 6) is 1.06. The summed E-state index contributed by atoms with van der Waals surface area (Å²) in [7, 11) is 0. The number of rotatable bonds is 5. The average molecular weight is 399 g/mol. The molecule has 1 aromatic heterocycles. The van der Waals surface area contributed by atoms with Crippen molar-refractivity contribution in [2.45, 2.75) is 39.3 Å². The monoisotopic (exact) mass is 399 g/mol. The Morgan fingerprint density at radius 2 is 1.77 bits per heavy atom. The highest BCUT2D eigenvalue weighted by atomic mass is 16.5. The maximum absolute atomic E-state index is 12.6. The van der Waals surface area contributed by atoms with Crippen LogP contribution in [-0.2, 0) is 19.6 Å². The number of ether oxygens (including phenoxy) is 1. The lowest BCUT2D eigenvalue weighted by Gasteiger charge is -2.19. The van der Waals surface area contributed by atoms with E-state index in [-0.39, 0.29) is 17.9 Å². The molecule has 0 bridgehead atoms. The second-order valence-corrected chi connectivity index (χ2v) is 7.38. The van der Waals surface area contributed by atoms with E-state index in [1.807, 2.05) is 18.2 Å². The first-order chi connectivity index (χ1) is 14.6. The average Bonchev–Trinajstić information content (AvgIpc) is 2.80. The zero-order valence-electron chi connectivity index (χ0n) is 16.7. The first-order valence-corrected chi connectivity index (χ1v) is 9.94. The van der Waals surface area contributed by atoms with Crippen molar-refractivity contribution in [2.75, 3.05) is 0 Å². The lowest BCUT2D eigenvalue weighted by molar-refractivity contribution is 0.103. The smallest absolute Gasteiger partial charge is 0.260 e. The summed E-state index contributed by atoms with van der Waals surface area (Å²) in [6, 6.07) is 15.8. The van der Waals surface area contributed by atoms with Crippen LogP contribution in [0.25, 0.3) is 0 Å². The number of aromatic nitrogens is 2. The van der Waals surface area contributed by atoms with Crippen LogP contribution in [0.5, 0.6) is 5.88 Å². The Kier molecular flexibility index (Phi) is 5.44. The molecule has 0 aliphatic carbocycles. The summed E-state index contributed by atoms with van der Waals surface area (Å²) in [4.78, 5) is 29.7. The lowest BCUT2D eigenvalue weighted by atomic mass is 10.0. The van der Waals surface area contributed by atoms with Gasteiger partial charge in [0.05, 0.1) is 17.2 Å². The van der Waals surface area contributed by atoms with Crippen molar-refractivity contribution in [3.05, 3.63) is 92.5 Å². The fourth-order valence-electron chi connectivity index (χ4n) is 3.55. The molecule has 30 heavy (non-hydrogen) atoms. The molecule has 0 atom stereocenters. The zero-order valence-corrected chi connectivity index (χ0v) is 16.7. The molecular formula is C24H21N3O3. The predicted molar refractivity (Wildman–Crippen MR) is 112 cm³/mol. The van der Waals surface area contributed by atoms with Crippen molar-refractivity contribution in [3.8, 4) is 11.9 Å². The maximum atomic E-state index is 12.6. The van der Waals surface area contributed by atoms with Crippen LogP contribution in [0.4, 0.5) is 0 Å². The second-order valence-electron chi connectivity index (χ2n) is 7.38. The van der Waals surface area contributed by atoms with Gasteiger partial charge in [-0.15, -0.1) is 0 Å². The number of benzene rings is 2. The number of carbonyl (C=O) groups is 1. The standard InChI is InChI=1S/C24H21N3O3/c1-16-23(26-21-4-2-3-13-27(21)24(16)29)30-15-18-7-11-20(12-8-18)22(28)19-9-5-17(14-25)6-10-19/h5-12H,2-4,13,15H2,1H3. The third-order valence-corrected chi connectivity index (χ3v) is 5.33. The molecule has 0 radical (unpaired) electrons. The van der Waals surface area contributed by atoms with Crippen LogP contribution in [0.3, 0.4) is 0 Å². The summed E-state index contributed by atoms with van der Waals surface area (Å²) in [5, 5.41) is 8.87. The van der Waals surface area contributed by atoms with Gasteiger partial charge in [-0.2, -0.15) is 10.2 Å². The van der Waals surface area contributed by atoms with Gasteiger partial charge >= 0.3 is 0 Å². The summed E-state index contributed by atoms with van der Waals surface area (Å²) < 4.78 is 7.59. The van der Waals surface area contributed by atoms with Crippen LogP contribution in [-0.4, -0.2) is 15.3 Å². The van der Waals surface area contributed by atoms with Crippen LogP contribution in [0.2, 0.25) is 0 Å². The van der Waals surface area contributed by atoms with E-state index in [1.54, 1.807) is 47.9 Å². The number of fused-ring (bicyclic) bond motifs is 1. The fourth-order valence-corrected chi connectivity index (χ4v) is 3.55. The maximum Gasteiger partial charge on any atom is 0.260 e. The summed E-state index contributed by atoms with van der Waals surface area (Å²) in [6.45, 7) is 2.73. The van der Waals surface area contributed by atoms with Crippen molar-refractivity contribution in [1.29, 1.82) is 5.26 Å². The van der Waals surface area contributed by atoms with E-state index in [1.165, 1.54) is 0 Å². The summed E-state index contributed by atoms with van der Waals surface area (Å²) >= 11 is 0. The van der Waals surface area contributed by atoms with E-state index in [9.17, 15) is 9.59 Å². The van der Waals surface area contributed by atoms with Gasteiger partial charge in [0.15, 0.2) is 5.78 Å². The van der Waals surface area contributed by atoms with E-state index in [0.717, 1.165) is 37.2 Å². The van der Waals surface area contributed by atoms with Crippen LogP contribution in [0.1, 0.15) is 51.3 Å². The molecule has 0 saturated heterocycles. The minimum atomic E-state index is -0.104. The van der Waals surface area contributed by atoms with E-state index in [4.69, 9.17) is 10.00 Å². The fraction of sp³-hybridized carbons (Fsp3) is 0.250. The first kappa shape index (κ1) is 19.6. The Morgan fingerprint density at radius 3 is 2.43 bits per heavy atom. The SMILES string of the molecule is Cc1c(OCc2ccc(C(=O)c3ccc(C#N)cc3)cc2)nc2n(c1=O)CCCC2. The lowest BCUT2D eigenvalue weighted by Crippen LogP contribution is -2.30. The highest BCUT2D eigenvalue weighted by molar-refractivity contribution is 6.09. The van der Waals surface area contributed by atoms with Crippen LogP contribution >= 0.6 is 0 Å². The molecule has 4 rings (SSSR count). The van der Waals surface area contributed by atoms with Crippen LogP contribution in [0.15, 0.2) is 53.3 Å². The highest BCUT2D eigenvalue weighted by Gasteiger charge is 2.17. The number of ketones is 1. The Morgan fingerprint density at radius 1 is 1.10 bits per heavy atom. The second kappa shape index (κ2) is 8.34. The Hall–Kier alpha value is -3.72. The molecule has 6 nitrogen and oxygen atoms in total. The molecule has 2 aromatic carbocycles. The van der Waals surface area contributed by atoms with Crippen LogP contribution in [0, 0.1) is 18.3 Å². The summed E-state index contributed by atoms with van der Waals surface area (Å²) in [6.07, 6.45) is 2.82. The number of carbonyl (C=O) groups excluding carboxylic acids is 1. The van der Waals surface area contributed by atoms with Gasteiger partial charge in [0.2, 0.25) is 5.88 Å². The topological polar surface area (TPSA) is 85.0 Å². The molecule has 150 valence electrons. The van der Waals surface area contributed by atoms with Gasteiger partial charge < -0.3 is 4.74 Å². The highest BCUT2D eigenvalue weighted by Crippen LogP contribution is 2.19. The van der Waals surface area contributed by atoms with Gasteiger partial charge in [-0.25, -0.2) is 0 Å². The molecule has 6 heteroatoms. The third kappa shape index (κ3) is 3.87. The molecule has 0 saturated carbocycles. The number of hydrogen-bond acceptors (Lipinski definition) is 5. The third-order valence-electron chi connectivity index (χ3n) is 5.33. The van der Waals surface area contributed by atoms with Crippen LogP contribution < -0.4 is 10.3 Å². The van der Waals surface area contributed by atoms with Crippen molar-refractivity contribution in [2.24, 2.45) is 0 Å². The first-order valence-electron chi connectivity index (χ1n) is 9.94. The normalized spacial score (nSPS) is 12.7. The molecule has 2 heterocycles. The van der Waals surface area contributed by atoms with E-state index in [0.29, 0.717) is 28.1 Å². The molecule has 1 aliphatic heterocycles.